The standard InChI is InChI=1S/C32H26BNOS/c1-31-17-5-6-18-32(31,2)34-23-12-8-13-24-28(23)33(21-11-7-10-20(31)29(21)34)22-15-16-26-27(30(22)35-24)19-9-3-4-14-25(19)36-26/h3-4,7-16H,5-6,17-18H2,1-2H3. The molecule has 2 nitrogen and oxygen atoms in total. The molecule has 1 fully saturated rings. The van der Waals surface area contributed by atoms with Crippen molar-refractivity contribution in [3.05, 3.63) is 78.4 Å². The minimum atomic E-state index is 0.0809. The largest absolute Gasteiger partial charge is 0.458 e. The lowest BCUT2D eigenvalue weighted by Gasteiger charge is -2.52. The molecule has 174 valence electrons. The lowest BCUT2D eigenvalue weighted by atomic mass is 9.34. The summed E-state index contributed by atoms with van der Waals surface area (Å²) >= 11 is 1.86. The van der Waals surface area contributed by atoms with E-state index in [-0.39, 0.29) is 17.7 Å². The SMILES string of the molecule is CC12CCCCC1(C)N1c3cccc4c3B(c3cccc2c31)c1ccc2sc3ccccc3c2c1O4. The van der Waals surface area contributed by atoms with E-state index in [4.69, 9.17) is 4.74 Å². The van der Waals surface area contributed by atoms with E-state index in [1.807, 2.05) is 11.3 Å². The molecule has 3 aliphatic heterocycles. The number of ether oxygens (including phenoxy) is 1. The van der Waals surface area contributed by atoms with Crippen LogP contribution >= 0.6 is 11.3 Å². The van der Waals surface area contributed by atoms with Gasteiger partial charge in [-0.3, -0.25) is 0 Å². The molecule has 4 heteroatoms. The van der Waals surface area contributed by atoms with Crippen LogP contribution in [0.25, 0.3) is 20.2 Å². The minimum Gasteiger partial charge on any atom is -0.458 e. The molecule has 0 amide bonds. The maximum Gasteiger partial charge on any atom is 0.256 e. The third-order valence-corrected chi connectivity index (χ3v) is 11.2. The van der Waals surface area contributed by atoms with Crippen molar-refractivity contribution < 1.29 is 4.74 Å². The second kappa shape index (κ2) is 6.36. The summed E-state index contributed by atoms with van der Waals surface area (Å²) in [6.07, 6.45) is 5.09. The molecule has 4 aromatic carbocycles. The molecule has 0 radical (unpaired) electrons. The summed E-state index contributed by atoms with van der Waals surface area (Å²) in [5, 5.41) is 2.57. The van der Waals surface area contributed by atoms with Gasteiger partial charge in [-0.25, -0.2) is 0 Å². The van der Waals surface area contributed by atoms with Gasteiger partial charge in [0.25, 0.3) is 6.71 Å². The Balaban J connectivity index is 1.40. The average molecular weight is 483 g/mol. The Morgan fingerprint density at radius 2 is 1.69 bits per heavy atom. The monoisotopic (exact) mass is 483 g/mol. The molecule has 1 aliphatic carbocycles. The third kappa shape index (κ3) is 2.07. The van der Waals surface area contributed by atoms with Crippen molar-refractivity contribution in [1.29, 1.82) is 0 Å². The molecule has 36 heavy (non-hydrogen) atoms. The van der Waals surface area contributed by atoms with Crippen molar-refractivity contribution in [2.45, 2.75) is 50.5 Å². The third-order valence-electron chi connectivity index (χ3n) is 10.1. The lowest BCUT2D eigenvalue weighted by Crippen LogP contribution is -2.63. The molecule has 4 heterocycles. The predicted molar refractivity (Wildman–Crippen MR) is 153 cm³/mol. The van der Waals surface area contributed by atoms with Gasteiger partial charge in [0.2, 0.25) is 0 Å². The van der Waals surface area contributed by atoms with E-state index >= 15 is 0 Å². The molecule has 1 aromatic heterocycles. The zero-order valence-electron chi connectivity index (χ0n) is 20.6. The Morgan fingerprint density at radius 3 is 2.64 bits per heavy atom. The number of fused-ring (bicyclic) bond motifs is 11. The van der Waals surface area contributed by atoms with Gasteiger partial charge in [0.1, 0.15) is 11.5 Å². The highest BCUT2D eigenvalue weighted by Gasteiger charge is 2.61. The van der Waals surface area contributed by atoms with E-state index in [9.17, 15) is 0 Å². The summed E-state index contributed by atoms with van der Waals surface area (Å²) in [4.78, 5) is 2.74. The maximum atomic E-state index is 6.90. The number of rotatable bonds is 0. The van der Waals surface area contributed by atoms with Gasteiger partial charge in [0.05, 0.1) is 5.54 Å². The molecular formula is C32H26BNOS. The predicted octanol–water partition coefficient (Wildman–Crippen LogP) is 6.73. The lowest BCUT2D eigenvalue weighted by molar-refractivity contribution is 0.195. The first-order chi connectivity index (χ1) is 17.6. The second-order valence-corrected chi connectivity index (χ2v) is 12.7. The van der Waals surface area contributed by atoms with Crippen molar-refractivity contribution in [3.63, 3.8) is 0 Å². The van der Waals surface area contributed by atoms with Crippen LogP contribution in [0.2, 0.25) is 0 Å². The van der Waals surface area contributed by atoms with Gasteiger partial charge in [-0.2, -0.15) is 0 Å². The fraction of sp³-hybridized carbons (Fsp3) is 0.250. The van der Waals surface area contributed by atoms with Gasteiger partial charge < -0.3 is 9.64 Å². The fourth-order valence-electron chi connectivity index (χ4n) is 8.23. The van der Waals surface area contributed by atoms with E-state index in [1.54, 1.807) is 5.56 Å². The highest BCUT2D eigenvalue weighted by molar-refractivity contribution is 7.26. The van der Waals surface area contributed by atoms with E-state index in [0.717, 1.165) is 11.5 Å². The van der Waals surface area contributed by atoms with Gasteiger partial charge >= 0.3 is 0 Å². The summed E-state index contributed by atoms with van der Waals surface area (Å²) in [5.41, 5.74) is 8.73. The van der Waals surface area contributed by atoms with E-state index < -0.39 is 0 Å². The summed E-state index contributed by atoms with van der Waals surface area (Å²) < 4.78 is 9.53. The van der Waals surface area contributed by atoms with Crippen LogP contribution in [0.15, 0.2) is 72.8 Å². The number of hydrogen-bond donors (Lipinski definition) is 0. The van der Waals surface area contributed by atoms with Crippen LogP contribution in [-0.2, 0) is 5.41 Å². The van der Waals surface area contributed by atoms with Gasteiger partial charge in [-0.05, 0) is 66.0 Å². The molecule has 9 rings (SSSR count). The molecule has 0 spiro atoms. The zero-order valence-corrected chi connectivity index (χ0v) is 21.4. The van der Waals surface area contributed by atoms with E-state index in [0.29, 0.717) is 0 Å². The summed E-state index contributed by atoms with van der Waals surface area (Å²) in [6, 6.07) is 27.3. The Morgan fingerprint density at radius 1 is 0.833 bits per heavy atom. The molecule has 1 saturated carbocycles. The quantitative estimate of drug-likeness (QED) is 0.222. The smallest absolute Gasteiger partial charge is 0.256 e. The van der Waals surface area contributed by atoms with Gasteiger partial charge in [-0.15, -0.1) is 11.3 Å². The Bertz CT molecular complexity index is 1790. The van der Waals surface area contributed by atoms with Crippen molar-refractivity contribution in [2.24, 2.45) is 0 Å². The molecule has 0 bridgehead atoms. The Hall–Kier alpha value is -3.24. The number of nitrogens with zero attached hydrogens (tertiary/aromatic N) is 1. The first-order valence-corrected chi connectivity index (χ1v) is 14.1. The van der Waals surface area contributed by atoms with Gasteiger partial charge in [-0.1, -0.05) is 68.3 Å². The number of hydrogen-bond acceptors (Lipinski definition) is 3. The van der Waals surface area contributed by atoms with Gasteiger partial charge in [0.15, 0.2) is 0 Å². The number of benzene rings is 4. The van der Waals surface area contributed by atoms with Crippen LogP contribution in [0.1, 0.15) is 45.1 Å². The normalized spacial score (nSPS) is 24.8. The Kier molecular flexibility index (Phi) is 3.51. The molecular weight excluding hydrogens is 457 g/mol. The van der Waals surface area contributed by atoms with Gasteiger partial charge in [0, 0.05) is 37.0 Å². The van der Waals surface area contributed by atoms with Crippen LogP contribution in [0.5, 0.6) is 11.5 Å². The first-order valence-electron chi connectivity index (χ1n) is 13.3. The van der Waals surface area contributed by atoms with Crippen molar-refractivity contribution in [1.82, 2.24) is 0 Å². The highest BCUT2D eigenvalue weighted by atomic mass is 32.1. The highest BCUT2D eigenvalue weighted by Crippen LogP contribution is 2.61. The zero-order chi connectivity index (χ0) is 23.8. The minimum absolute atomic E-state index is 0.0809. The molecule has 0 N–H and O–H groups in total. The summed E-state index contributed by atoms with van der Waals surface area (Å²) in [7, 11) is 0. The van der Waals surface area contributed by atoms with E-state index in [1.165, 1.54) is 73.6 Å². The van der Waals surface area contributed by atoms with E-state index in [2.05, 4.69) is 91.5 Å². The number of para-hydroxylation sites is 1. The topological polar surface area (TPSA) is 12.5 Å². The molecule has 2 atom stereocenters. The molecule has 5 aromatic rings. The van der Waals surface area contributed by atoms with Crippen LogP contribution in [0.3, 0.4) is 0 Å². The van der Waals surface area contributed by atoms with Crippen molar-refractivity contribution in [3.8, 4) is 11.5 Å². The second-order valence-electron chi connectivity index (χ2n) is 11.6. The van der Waals surface area contributed by atoms with Crippen molar-refractivity contribution in [2.75, 3.05) is 4.90 Å². The molecule has 4 aliphatic rings. The number of anilines is 2. The number of thiophene rings is 1. The molecule has 0 saturated heterocycles. The van der Waals surface area contributed by atoms with Crippen LogP contribution in [0.4, 0.5) is 11.4 Å². The summed E-state index contributed by atoms with van der Waals surface area (Å²) in [5.74, 6) is 2.08. The van der Waals surface area contributed by atoms with Crippen LogP contribution in [0, 0.1) is 0 Å². The summed E-state index contributed by atoms with van der Waals surface area (Å²) in [6.45, 7) is 5.25. The van der Waals surface area contributed by atoms with Crippen LogP contribution < -0.4 is 26.0 Å². The maximum absolute atomic E-state index is 6.90. The molecule has 2 unspecified atom stereocenters. The van der Waals surface area contributed by atoms with Crippen molar-refractivity contribution >= 4 is 66.0 Å². The fourth-order valence-corrected chi connectivity index (χ4v) is 9.34. The first kappa shape index (κ1) is 19.9. The van der Waals surface area contributed by atoms with Crippen LogP contribution in [-0.4, -0.2) is 12.3 Å². The average Bonchev–Trinajstić information content (AvgIpc) is 3.38. The Labute approximate surface area is 215 Å².